The van der Waals surface area contributed by atoms with Crippen LogP contribution in [0.5, 0.6) is 0 Å². The highest BCUT2D eigenvalue weighted by Crippen LogP contribution is 2.26. The maximum Gasteiger partial charge on any atom is 0.311 e. The largest absolute Gasteiger partial charge is 0.391 e. The summed E-state index contributed by atoms with van der Waals surface area (Å²) in [5, 5.41) is 23.6. The lowest BCUT2D eigenvalue weighted by atomic mass is 9.92. The standard InChI is InChI=1S/C11H15N3O3/c15-10-6-2-1-4-8(10)13-11-9(14(16)17)5-3-7-12-11/h3,5,7-8,10,15H,1-2,4,6H2,(H,12,13)/t8-,10-/m0/s1. The first-order chi connectivity index (χ1) is 8.18. The highest BCUT2D eigenvalue weighted by atomic mass is 16.6. The van der Waals surface area contributed by atoms with Crippen LogP contribution in [-0.2, 0) is 0 Å². The number of hydrogen-bond acceptors (Lipinski definition) is 5. The van der Waals surface area contributed by atoms with Crippen molar-refractivity contribution in [1.29, 1.82) is 0 Å². The van der Waals surface area contributed by atoms with E-state index in [-0.39, 0.29) is 17.5 Å². The summed E-state index contributed by atoms with van der Waals surface area (Å²) in [6.07, 6.45) is 4.63. The van der Waals surface area contributed by atoms with Crippen molar-refractivity contribution in [2.45, 2.75) is 37.8 Å². The smallest absolute Gasteiger partial charge is 0.311 e. The summed E-state index contributed by atoms with van der Waals surface area (Å²) < 4.78 is 0. The molecule has 0 spiro atoms. The van der Waals surface area contributed by atoms with Gasteiger partial charge < -0.3 is 10.4 Å². The maximum absolute atomic E-state index is 10.8. The van der Waals surface area contributed by atoms with E-state index >= 15 is 0 Å². The number of rotatable bonds is 3. The Morgan fingerprint density at radius 1 is 1.47 bits per heavy atom. The van der Waals surface area contributed by atoms with E-state index in [0.717, 1.165) is 25.7 Å². The lowest BCUT2D eigenvalue weighted by Gasteiger charge is -2.28. The quantitative estimate of drug-likeness (QED) is 0.617. The van der Waals surface area contributed by atoms with Gasteiger partial charge in [-0.3, -0.25) is 10.1 Å². The highest BCUT2D eigenvalue weighted by molar-refractivity contribution is 5.55. The number of pyridine rings is 1. The fraction of sp³-hybridized carbons (Fsp3) is 0.545. The van der Waals surface area contributed by atoms with Crippen LogP contribution in [0.4, 0.5) is 11.5 Å². The zero-order valence-corrected chi connectivity index (χ0v) is 9.37. The topological polar surface area (TPSA) is 88.3 Å². The third-order valence-electron chi connectivity index (χ3n) is 3.03. The molecule has 2 rings (SSSR count). The first kappa shape index (κ1) is 11.8. The van der Waals surface area contributed by atoms with Crippen LogP contribution >= 0.6 is 0 Å². The van der Waals surface area contributed by atoms with E-state index in [1.807, 2.05) is 0 Å². The number of anilines is 1. The van der Waals surface area contributed by atoms with E-state index in [2.05, 4.69) is 10.3 Å². The van der Waals surface area contributed by atoms with Gasteiger partial charge in [-0.15, -0.1) is 0 Å². The Kier molecular flexibility index (Phi) is 3.53. The van der Waals surface area contributed by atoms with Crippen LogP contribution in [0, 0.1) is 10.1 Å². The zero-order valence-electron chi connectivity index (χ0n) is 9.37. The molecule has 0 bridgehead atoms. The van der Waals surface area contributed by atoms with Crippen LogP contribution in [0.1, 0.15) is 25.7 Å². The second-order valence-electron chi connectivity index (χ2n) is 4.23. The fourth-order valence-electron chi connectivity index (χ4n) is 2.11. The molecule has 0 amide bonds. The summed E-state index contributed by atoms with van der Waals surface area (Å²) in [4.78, 5) is 14.3. The predicted octanol–water partition coefficient (Wildman–Crippen LogP) is 1.71. The Hall–Kier alpha value is -1.69. The van der Waals surface area contributed by atoms with Crippen LogP contribution in [0.3, 0.4) is 0 Å². The minimum Gasteiger partial charge on any atom is -0.391 e. The summed E-state index contributed by atoms with van der Waals surface area (Å²) in [5.74, 6) is 0.239. The Morgan fingerprint density at radius 3 is 2.94 bits per heavy atom. The second-order valence-corrected chi connectivity index (χ2v) is 4.23. The SMILES string of the molecule is O=[N+]([O-])c1cccnc1N[C@H]1CCCC[C@@H]1O. The van der Waals surface area contributed by atoms with Crippen molar-refractivity contribution in [1.82, 2.24) is 4.98 Å². The van der Waals surface area contributed by atoms with Crippen molar-refractivity contribution in [3.63, 3.8) is 0 Å². The minimum absolute atomic E-state index is 0.0507. The molecule has 0 saturated heterocycles. The lowest BCUT2D eigenvalue weighted by molar-refractivity contribution is -0.384. The van der Waals surface area contributed by atoms with Gasteiger partial charge in [-0.1, -0.05) is 12.8 Å². The van der Waals surface area contributed by atoms with Gasteiger partial charge in [0.2, 0.25) is 5.82 Å². The number of hydrogen-bond donors (Lipinski definition) is 2. The van der Waals surface area contributed by atoms with E-state index in [1.165, 1.54) is 18.3 Å². The molecule has 2 atom stereocenters. The molecule has 6 nitrogen and oxygen atoms in total. The molecule has 17 heavy (non-hydrogen) atoms. The monoisotopic (exact) mass is 237 g/mol. The number of aromatic nitrogens is 1. The van der Waals surface area contributed by atoms with Gasteiger partial charge in [0.1, 0.15) is 0 Å². The second kappa shape index (κ2) is 5.09. The summed E-state index contributed by atoms with van der Waals surface area (Å²) in [6.45, 7) is 0. The Balaban J connectivity index is 2.14. The van der Waals surface area contributed by atoms with Crippen molar-refractivity contribution >= 4 is 11.5 Å². The van der Waals surface area contributed by atoms with E-state index in [1.54, 1.807) is 0 Å². The molecule has 0 unspecified atom stereocenters. The van der Waals surface area contributed by atoms with Crippen LogP contribution in [-0.4, -0.2) is 27.2 Å². The van der Waals surface area contributed by atoms with Gasteiger partial charge >= 0.3 is 5.69 Å². The Labute approximate surface area is 98.8 Å². The molecule has 1 aliphatic rings. The van der Waals surface area contributed by atoms with Gasteiger partial charge in [0.05, 0.1) is 17.1 Å². The third-order valence-corrected chi connectivity index (χ3v) is 3.03. The molecule has 0 radical (unpaired) electrons. The molecule has 0 aliphatic heterocycles. The molecule has 2 N–H and O–H groups in total. The highest BCUT2D eigenvalue weighted by Gasteiger charge is 2.25. The molecule has 1 fully saturated rings. The molecular formula is C11H15N3O3. The van der Waals surface area contributed by atoms with Crippen LogP contribution in [0.2, 0.25) is 0 Å². The van der Waals surface area contributed by atoms with Crippen LogP contribution < -0.4 is 5.32 Å². The van der Waals surface area contributed by atoms with E-state index in [4.69, 9.17) is 0 Å². The molecule has 1 aliphatic carbocycles. The first-order valence-corrected chi connectivity index (χ1v) is 5.72. The molecule has 1 heterocycles. The third kappa shape index (κ3) is 2.71. The van der Waals surface area contributed by atoms with Gasteiger partial charge in [0.15, 0.2) is 0 Å². The molecule has 6 heteroatoms. The summed E-state index contributed by atoms with van der Waals surface area (Å²) in [6, 6.07) is 2.79. The minimum atomic E-state index is -0.468. The number of nitrogens with zero attached hydrogens (tertiary/aromatic N) is 2. The van der Waals surface area contributed by atoms with Crippen molar-refractivity contribution in [2.75, 3.05) is 5.32 Å². The maximum atomic E-state index is 10.8. The van der Waals surface area contributed by atoms with Gasteiger partial charge in [0, 0.05) is 12.3 Å². The van der Waals surface area contributed by atoms with Crippen LogP contribution in [0.25, 0.3) is 0 Å². The van der Waals surface area contributed by atoms with Gasteiger partial charge in [0.25, 0.3) is 0 Å². The first-order valence-electron chi connectivity index (χ1n) is 5.72. The van der Waals surface area contributed by atoms with Gasteiger partial charge in [-0.2, -0.15) is 0 Å². The normalized spacial score (nSPS) is 24.3. The Bertz CT molecular complexity index is 411. The fourth-order valence-corrected chi connectivity index (χ4v) is 2.11. The lowest BCUT2D eigenvalue weighted by Crippen LogP contribution is -2.36. The van der Waals surface area contributed by atoms with Crippen molar-refractivity contribution < 1.29 is 10.0 Å². The molecular weight excluding hydrogens is 222 g/mol. The van der Waals surface area contributed by atoms with Gasteiger partial charge in [-0.05, 0) is 18.9 Å². The van der Waals surface area contributed by atoms with E-state index < -0.39 is 11.0 Å². The number of aliphatic hydroxyl groups is 1. The molecule has 1 saturated carbocycles. The molecule has 1 aromatic heterocycles. The zero-order chi connectivity index (χ0) is 12.3. The predicted molar refractivity (Wildman–Crippen MR) is 62.8 cm³/mol. The van der Waals surface area contributed by atoms with Gasteiger partial charge in [-0.25, -0.2) is 4.98 Å². The summed E-state index contributed by atoms with van der Waals surface area (Å²) >= 11 is 0. The molecule has 1 aromatic rings. The van der Waals surface area contributed by atoms with Crippen molar-refractivity contribution in [3.8, 4) is 0 Å². The Morgan fingerprint density at radius 2 is 2.24 bits per heavy atom. The average Bonchev–Trinajstić information content (AvgIpc) is 2.32. The van der Waals surface area contributed by atoms with E-state index in [9.17, 15) is 15.2 Å². The van der Waals surface area contributed by atoms with E-state index in [0.29, 0.717) is 0 Å². The van der Waals surface area contributed by atoms with Crippen molar-refractivity contribution in [3.05, 3.63) is 28.4 Å². The molecule has 92 valence electrons. The number of aliphatic hydroxyl groups excluding tert-OH is 1. The average molecular weight is 237 g/mol. The van der Waals surface area contributed by atoms with Crippen molar-refractivity contribution in [2.24, 2.45) is 0 Å². The summed E-state index contributed by atoms with van der Waals surface area (Å²) in [7, 11) is 0. The number of nitro groups is 1. The van der Waals surface area contributed by atoms with Crippen LogP contribution in [0.15, 0.2) is 18.3 Å². The molecule has 0 aromatic carbocycles. The summed E-state index contributed by atoms with van der Waals surface area (Å²) in [5.41, 5.74) is -0.0507. The number of nitrogens with one attached hydrogen (secondary N) is 1.